The quantitative estimate of drug-likeness (QED) is 0.634. The van der Waals surface area contributed by atoms with Crippen molar-refractivity contribution in [3.63, 3.8) is 0 Å². The molecule has 90 valence electrons. The van der Waals surface area contributed by atoms with Crippen molar-refractivity contribution < 1.29 is 0 Å². The maximum atomic E-state index is 6.19. The van der Waals surface area contributed by atoms with Crippen molar-refractivity contribution in [2.24, 2.45) is 5.84 Å². The Balaban J connectivity index is 2.98. The van der Waals surface area contributed by atoms with Crippen LogP contribution in [0.2, 0.25) is 5.02 Å². The van der Waals surface area contributed by atoms with Gasteiger partial charge in [-0.15, -0.1) is 0 Å². The van der Waals surface area contributed by atoms with Crippen LogP contribution >= 0.6 is 11.6 Å². The number of benzene rings is 1. The van der Waals surface area contributed by atoms with Crippen LogP contribution in [0.1, 0.15) is 23.7 Å². The summed E-state index contributed by atoms with van der Waals surface area (Å²) in [5.74, 6) is 5.66. The Labute approximate surface area is 106 Å². The molecule has 0 radical (unpaired) electrons. The Morgan fingerprint density at radius 2 is 2.06 bits per heavy atom. The summed E-state index contributed by atoms with van der Waals surface area (Å²) in [4.78, 5) is 4.59. The molecular formula is C13H16ClN3. The predicted molar refractivity (Wildman–Crippen MR) is 73.4 cm³/mol. The van der Waals surface area contributed by atoms with E-state index >= 15 is 0 Å². The Kier molecular flexibility index (Phi) is 3.22. The normalized spacial score (nSPS) is 10.9. The highest BCUT2D eigenvalue weighted by atomic mass is 35.5. The Morgan fingerprint density at radius 3 is 2.65 bits per heavy atom. The molecule has 0 aliphatic carbocycles. The van der Waals surface area contributed by atoms with Crippen LogP contribution in [0.15, 0.2) is 12.1 Å². The highest BCUT2D eigenvalue weighted by Crippen LogP contribution is 2.34. The van der Waals surface area contributed by atoms with Gasteiger partial charge in [-0.05, 0) is 37.5 Å². The molecule has 1 heterocycles. The van der Waals surface area contributed by atoms with Crippen molar-refractivity contribution in [2.75, 3.05) is 5.43 Å². The first kappa shape index (κ1) is 12.1. The fraction of sp³-hybridized carbons (Fsp3) is 0.308. The van der Waals surface area contributed by atoms with Gasteiger partial charge in [0.2, 0.25) is 0 Å². The van der Waals surface area contributed by atoms with Crippen molar-refractivity contribution in [2.45, 2.75) is 27.2 Å². The summed E-state index contributed by atoms with van der Waals surface area (Å²) in [5, 5.41) is 1.68. The maximum Gasteiger partial charge on any atom is 0.0915 e. The van der Waals surface area contributed by atoms with Crippen LogP contribution in [0.4, 0.5) is 5.69 Å². The average Bonchev–Trinajstić information content (AvgIpc) is 2.32. The third-order valence-corrected chi connectivity index (χ3v) is 3.41. The minimum Gasteiger partial charge on any atom is -0.323 e. The van der Waals surface area contributed by atoms with Gasteiger partial charge < -0.3 is 5.43 Å². The molecule has 2 aromatic rings. The lowest BCUT2D eigenvalue weighted by atomic mass is 10.0. The van der Waals surface area contributed by atoms with E-state index in [1.54, 1.807) is 0 Å². The van der Waals surface area contributed by atoms with Gasteiger partial charge in [0.25, 0.3) is 0 Å². The van der Waals surface area contributed by atoms with E-state index in [0.717, 1.165) is 39.8 Å². The number of fused-ring (bicyclic) bond motifs is 1. The molecule has 0 aliphatic heterocycles. The van der Waals surface area contributed by atoms with Gasteiger partial charge in [-0.1, -0.05) is 24.6 Å². The molecular weight excluding hydrogens is 234 g/mol. The molecule has 0 saturated carbocycles. The van der Waals surface area contributed by atoms with Crippen molar-refractivity contribution in [3.8, 4) is 0 Å². The molecule has 17 heavy (non-hydrogen) atoms. The minimum atomic E-state index is 0.660. The molecule has 4 heteroatoms. The minimum absolute atomic E-state index is 0.660. The fourth-order valence-electron chi connectivity index (χ4n) is 2.25. The molecule has 3 nitrogen and oxygen atoms in total. The fourth-order valence-corrected chi connectivity index (χ4v) is 2.45. The van der Waals surface area contributed by atoms with Crippen LogP contribution in [0.5, 0.6) is 0 Å². The molecule has 0 fully saturated rings. The van der Waals surface area contributed by atoms with Gasteiger partial charge in [0.05, 0.1) is 16.2 Å². The molecule has 1 aromatic heterocycles. The summed E-state index contributed by atoms with van der Waals surface area (Å²) in [6, 6.07) is 3.86. The van der Waals surface area contributed by atoms with Gasteiger partial charge in [-0.25, -0.2) is 0 Å². The average molecular weight is 250 g/mol. The van der Waals surface area contributed by atoms with E-state index in [-0.39, 0.29) is 0 Å². The third-order valence-electron chi connectivity index (χ3n) is 3.10. The molecule has 2 rings (SSSR count). The molecule has 0 unspecified atom stereocenters. The van der Waals surface area contributed by atoms with Crippen molar-refractivity contribution in [3.05, 3.63) is 34.0 Å². The van der Waals surface area contributed by atoms with Gasteiger partial charge >= 0.3 is 0 Å². The summed E-state index contributed by atoms with van der Waals surface area (Å²) in [5.41, 5.74) is 7.79. The molecule has 0 amide bonds. The number of nitrogens with zero attached hydrogens (tertiary/aromatic N) is 1. The van der Waals surface area contributed by atoms with Crippen LogP contribution in [0.3, 0.4) is 0 Å². The second kappa shape index (κ2) is 4.51. The lowest BCUT2D eigenvalue weighted by molar-refractivity contribution is 1.06. The first-order valence-corrected chi connectivity index (χ1v) is 6.02. The molecule has 0 aliphatic rings. The summed E-state index contributed by atoms with van der Waals surface area (Å²) in [7, 11) is 0. The number of halogens is 1. The second-order valence-corrected chi connectivity index (χ2v) is 4.54. The monoisotopic (exact) mass is 249 g/mol. The summed E-state index contributed by atoms with van der Waals surface area (Å²) >= 11 is 6.19. The first-order chi connectivity index (χ1) is 8.10. The summed E-state index contributed by atoms with van der Waals surface area (Å²) in [6.45, 7) is 6.12. The van der Waals surface area contributed by atoms with Crippen LogP contribution in [0.25, 0.3) is 10.9 Å². The summed E-state index contributed by atoms with van der Waals surface area (Å²) in [6.07, 6.45) is 0.889. The van der Waals surface area contributed by atoms with E-state index in [4.69, 9.17) is 17.4 Å². The van der Waals surface area contributed by atoms with Crippen LogP contribution in [-0.2, 0) is 6.42 Å². The van der Waals surface area contributed by atoms with Crippen LogP contribution in [-0.4, -0.2) is 4.98 Å². The Hall–Kier alpha value is -1.32. The van der Waals surface area contributed by atoms with Gasteiger partial charge in [0.1, 0.15) is 0 Å². The Morgan fingerprint density at radius 1 is 1.35 bits per heavy atom. The number of hydrogen-bond acceptors (Lipinski definition) is 3. The van der Waals surface area contributed by atoms with Crippen molar-refractivity contribution in [1.82, 2.24) is 4.98 Å². The standard InChI is InChI=1S/C13H16ClN3/c1-4-9-8(3)16-13-10(14)6-5-7(2)11(13)12(9)17-15/h5-6H,4,15H2,1-3H3,(H,16,17). The van der Waals surface area contributed by atoms with Gasteiger partial charge in [-0.3, -0.25) is 10.8 Å². The van der Waals surface area contributed by atoms with Gasteiger partial charge in [0, 0.05) is 11.1 Å². The number of aromatic nitrogens is 1. The number of rotatable bonds is 2. The zero-order chi connectivity index (χ0) is 12.6. The van der Waals surface area contributed by atoms with E-state index in [0.29, 0.717) is 5.02 Å². The number of anilines is 1. The second-order valence-electron chi connectivity index (χ2n) is 4.14. The molecule has 0 spiro atoms. The van der Waals surface area contributed by atoms with Gasteiger partial charge in [0.15, 0.2) is 0 Å². The number of hydrazine groups is 1. The largest absolute Gasteiger partial charge is 0.323 e. The highest BCUT2D eigenvalue weighted by Gasteiger charge is 2.14. The van der Waals surface area contributed by atoms with Gasteiger partial charge in [-0.2, -0.15) is 0 Å². The lowest BCUT2D eigenvalue weighted by Gasteiger charge is -2.15. The van der Waals surface area contributed by atoms with E-state index < -0.39 is 0 Å². The SMILES string of the molecule is CCc1c(C)nc2c(Cl)ccc(C)c2c1NN. The van der Waals surface area contributed by atoms with Crippen LogP contribution in [0, 0.1) is 13.8 Å². The van der Waals surface area contributed by atoms with Crippen molar-refractivity contribution >= 4 is 28.2 Å². The number of nitrogens with one attached hydrogen (secondary N) is 1. The van der Waals surface area contributed by atoms with E-state index in [1.165, 1.54) is 0 Å². The molecule has 3 N–H and O–H groups in total. The predicted octanol–water partition coefficient (Wildman–Crippen LogP) is 3.35. The lowest BCUT2D eigenvalue weighted by Crippen LogP contribution is -2.12. The number of hydrogen-bond donors (Lipinski definition) is 2. The summed E-state index contributed by atoms with van der Waals surface area (Å²) < 4.78 is 0. The van der Waals surface area contributed by atoms with Crippen LogP contribution < -0.4 is 11.3 Å². The third kappa shape index (κ3) is 1.85. The number of aryl methyl sites for hydroxylation is 2. The molecule has 1 aromatic carbocycles. The first-order valence-electron chi connectivity index (χ1n) is 5.65. The molecule has 0 atom stereocenters. The molecule has 0 saturated heterocycles. The maximum absolute atomic E-state index is 6.19. The molecule has 0 bridgehead atoms. The van der Waals surface area contributed by atoms with E-state index in [9.17, 15) is 0 Å². The zero-order valence-electron chi connectivity index (χ0n) is 10.3. The van der Waals surface area contributed by atoms with Crippen molar-refractivity contribution in [1.29, 1.82) is 0 Å². The zero-order valence-corrected chi connectivity index (χ0v) is 11.0. The number of nitrogens with two attached hydrogens (primary N) is 1. The topological polar surface area (TPSA) is 50.9 Å². The Bertz CT molecular complexity index is 579. The highest BCUT2D eigenvalue weighted by molar-refractivity contribution is 6.35. The number of nitrogen functional groups attached to an aromatic ring is 1. The van der Waals surface area contributed by atoms with E-state index in [2.05, 4.69) is 17.3 Å². The van der Waals surface area contributed by atoms with E-state index in [1.807, 2.05) is 26.0 Å². The smallest absolute Gasteiger partial charge is 0.0915 e. The number of pyridine rings is 1.